The molecular weight excluding hydrogens is 491 g/mol. The van der Waals surface area contributed by atoms with Crippen LogP contribution in [-0.4, -0.2) is 42.8 Å². The molecule has 2 N–H and O–H groups in total. The zero-order valence-corrected chi connectivity index (χ0v) is 19.5. The van der Waals surface area contributed by atoms with E-state index in [1.54, 1.807) is 12.2 Å². The predicted molar refractivity (Wildman–Crippen MR) is 116 cm³/mol. The second-order valence-electron chi connectivity index (χ2n) is 9.72. The number of alkyl halides is 2. The average molecular weight is 519 g/mol. The summed E-state index contributed by atoms with van der Waals surface area (Å²) in [4.78, 5) is 23.8. The zero-order valence-electron chi connectivity index (χ0n) is 16.5. The highest BCUT2D eigenvalue weighted by molar-refractivity contribution is 14.1. The number of carbonyl (C=O) groups excluding carboxylic acids is 2. The van der Waals surface area contributed by atoms with Gasteiger partial charge in [0.15, 0.2) is 11.6 Å². The predicted octanol–water partition coefficient (Wildman–Crippen LogP) is 3.61. The molecule has 3 saturated carbocycles. The molecule has 0 unspecified atom stereocenters. The second kappa shape index (κ2) is 6.38. The number of halogens is 2. The summed E-state index contributed by atoms with van der Waals surface area (Å²) in [5.41, 5.74) is -1.77. The Kier molecular flexibility index (Phi) is 4.79. The van der Waals surface area contributed by atoms with Gasteiger partial charge < -0.3 is 10.2 Å². The molecule has 4 nitrogen and oxygen atoms in total. The summed E-state index contributed by atoms with van der Waals surface area (Å²) in [7, 11) is 0. The topological polar surface area (TPSA) is 74.6 Å². The van der Waals surface area contributed by atoms with Crippen molar-refractivity contribution in [2.24, 2.45) is 28.6 Å². The van der Waals surface area contributed by atoms with Gasteiger partial charge >= 0.3 is 0 Å². The molecule has 4 aliphatic rings. The maximum absolute atomic E-state index is 12.9. The van der Waals surface area contributed by atoms with Crippen LogP contribution in [0.4, 0.5) is 0 Å². The minimum absolute atomic E-state index is 0.0298. The van der Waals surface area contributed by atoms with Gasteiger partial charge in [0.25, 0.3) is 0 Å². The zero-order chi connectivity index (χ0) is 20.7. The quantitative estimate of drug-likeness (QED) is 0.433. The van der Waals surface area contributed by atoms with Crippen LogP contribution in [0.15, 0.2) is 23.8 Å². The van der Waals surface area contributed by atoms with Crippen molar-refractivity contribution in [3.63, 3.8) is 0 Å². The van der Waals surface area contributed by atoms with E-state index in [2.05, 4.69) is 0 Å². The lowest BCUT2D eigenvalue weighted by atomic mass is 9.45. The minimum Gasteiger partial charge on any atom is -0.391 e. The molecule has 0 aromatic rings. The molecule has 0 bridgehead atoms. The fraction of sp³-hybridized carbons (Fsp3) is 0.727. The second-order valence-corrected chi connectivity index (χ2v) is 11.1. The Labute approximate surface area is 184 Å². The summed E-state index contributed by atoms with van der Waals surface area (Å²) < 4.78 is 0.253. The molecule has 0 aromatic carbocycles. The van der Waals surface area contributed by atoms with Crippen molar-refractivity contribution >= 4 is 45.8 Å². The van der Waals surface area contributed by atoms with E-state index >= 15 is 0 Å². The number of allylic oxidation sites excluding steroid dienone is 4. The fourth-order valence-corrected chi connectivity index (χ4v) is 8.35. The van der Waals surface area contributed by atoms with E-state index in [0.717, 1.165) is 24.8 Å². The molecule has 0 aliphatic heterocycles. The van der Waals surface area contributed by atoms with Crippen LogP contribution in [0.3, 0.4) is 0 Å². The molecule has 4 aliphatic carbocycles. The Hall–Kier alpha value is -0.240. The third-order valence-electron chi connectivity index (χ3n) is 8.77. The van der Waals surface area contributed by atoms with E-state index in [1.165, 1.54) is 0 Å². The summed E-state index contributed by atoms with van der Waals surface area (Å²) in [6.45, 7) is 5.94. The lowest BCUT2D eigenvalue weighted by Gasteiger charge is -2.63. The molecule has 0 saturated heterocycles. The largest absolute Gasteiger partial charge is 0.391 e. The Balaban J connectivity index is 1.84. The van der Waals surface area contributed by atoms with Crippen molar-refractivity contribution in [2.75, 3.05) is 4.43 Å². The first-order chi connectivity index (χ1) is 13.0. The van der Waals surface area contributed by atoms with E-state index < -0.39 is 27.4 Å². The van der Waals surface area contributed by atoms with Crippen molar-refractivity contribution in [3.8, 4) is 0 Å². The van der Waals surface area contributed by atoms with Crippen molar-refractivity contribution in [3.05, 3.63) is 23.8 Å². The highest BCUT2D eigenvalue weighted by Crippen LogP contribution is 2.71. The molecule has 154 valence electrons. The highest BCUT2D eigenvalue weighted by atomic mass is 127. The number of fused-ring (bicyclic) bond motifs is 5. The maximum atomic E-state index is 12.9. The Bertz CT molecular complexity index is 808. The van der Waals surface area contributed by atoms with Crippen LogP contribution in [-0.2, 0) is 9.59 Å². The first-order valence-electron chi connectivity index (χ1n) is 10.1. The van der Waals surface area contributed by atoms with E-state index in [1.807, 2.05) is 49.4 Å². The molecular formula is C22H28ClIO4. The van der Waals surface area contributed by atoms with Crippen LogP contribution in [0.1, 0.15) is 46.5 Å². The monoisotopic (exact) mass is 518 g/mol. The molecule has 0 aromatic heterocycles. The van der Waals surface area contributed by atoms with Gasteiger partial charge in [-0.3, -0.25) is 9.59 Å². The van der Waals surface area contributed by atoms with Crippen LogP contribution in [0.25, 0.3) is 0 Å². The van der Waals surface area contributed by atoms with Crippen molar-refractivity contribution < 1.29 is 19.8 Å². The van der Waals surface area contributed by atoms with E-state index in [4.69, 9.17) is 11.6 Å². The average Bonchev–Trinajstić information content (AvgIpc) is 2.84. The molecule has 28 heavy (non-hydrogen) atoms. The molecule has 0 spiro atoms. The normalized spacial score (nSPS) is 52.5. The summed E-state index contributed by atoms with van der Waals surface area (Å²) in [5, 5.41) is 23.0. The molecule has 0 heterocycles. The van der Waals surface area contributed by atoms with E-state index in [0.29, 0.717) is 0 Å². The molecule has 0 amide bonds. The Morgan fingerprint density at radius 1 is 1.36 bits per heavy atom. The first kappa shape index (κ1) is 21.0. The fourth-order valence-electron chi connectivity index (χ4n) is 7.24. The van der Waals surface area contributed by atoms with E-state index in [-0.39, 0.29) is 40.2 Å². The number of ketones is 2. The number of carbonyl (C=O) groups is 2. The molecule has 4 rings (SSSR count). The molecule has 3 fully saturated rings. The maximum Gasteiger partial charge on any atom is 0.178 e. The first-order valence-corrected chi connectivity index (χ1v) is 12.0. The Morgan fingerprint density at radius 3 is 2.68 bits per heavy atom. The smallest absolute Gasteiger partial charge is 0.178 e. The third-order valence-corrected chi connectivity index (χ3v) is 10.4. The van der Waals surface area contributed by atoms with E-state index in [9.17, 15) is 19.8 Å². The van der Waals surface area contributed by atoms with Crippen LogP contribution < -0.4 is 0 Å². The number of aliphatic hydroxyl groups is 2. The van der Waals surface area contributed by atoms with Gasteiger partial charge in [-0.1, -0.05) is 55.0 Å². The number of hydrogen-bond donors (Lipinski definition) is 2. The van der Waals surface area contributed by atoms with Gasteiger partial charge in [-0.25, -0.2) is 0 Å². The van der Waals surface area contributed by atoms with Crippen LogP contribution >= 0.6 is 34.2 Å². The summed E-state index contributed by atoms with van der Waals surface area (Å²) in [5.74, 6) is -0.348. The van der Waals surface area contributed by atoms with Gasteiger partial charge in [0.2, 0.25) is 0 Å². The molecule has 8 atom stereocenters. The van der Waals surface area contributed by atoms with Gasteiger partial charge in [0.1, 0.15) is 5.60 Å². The van der Waals surface area contributed by atoms with Crippen LogP contribution in [0, 0.1) is 28.6 Å². The van der Waals surface area contributed by atoms with Crippen LogP contribution in [0.2, 0.25) is 0 Å². The number of aliphatic hydroxyl groups excluding tert-OH is 1. The lowest BCUT2D eigenvalue weighted by Crippen LogP contribution is -2.68. The summed E-state index contributed by atoms with van der Waals surface area (Å²) in [6.07, 6.45) is 6.73. The Morgan fingerprint density at radius 2 is 2.04 bits per heavy atom. The molecule has 6 heteroatoms. The SMILES string of the molecule is C[C@@H]1C[C@H]2[C@@H]3CCC4=CC(=O)C=C[C@]4(C)[C@@]3(Cl)[C@@H](O)C[C@]2(C)[C@@]1(O)C(=O)CI. The van der Waals surface area contributed by atoms with Gasteiger partial charge in [-0.2, -0.15) is 0 Å². The summed E-state index contributed by atoms with van der Waals surface area (Å²) >= 11 is 9.37. The number of hydrogen-bond acceptors (Lipinski definition) is 4. The number of rotatable bonds is 2. The summed E-state index contributed by atoms with van der Waals surface area (Å²) in [6, 6.07) is 0. The van der Waals surface area contributed by atoms with Crippen LogP contribution in [0.5, 0.6) is 0 Å². The lowest BCUT2D eigenvalue weighted by molar-refractivity contribution is -0.175. The van der Waals surface area contributed by atoms with Gasteiger partial charge in [-0.15, -0.1) is 11.6 Å². The minimum atomic E-state index is -1.44. The van der Waals surface area contributed by atoms with Gasteiger partial charge in [0, 0.05) is 10.8 Å². The van der Waals surface area contributed by atoms with Gasteiger partial charge in [0.05, 0.1) is 15.4 Å². The standard InChI is InChI=1S/C22H28ClIO4/c1-12-8-16-15-5-4-13-9-14(25)6-7-19(13,2)21(15,23)17(26)10-20(16,3)22(12,28)18(27)11-24/h6-7,9,12,15-17,26,28H,4-5,8,10-11H2,1-3H3/t12-,15+,16+,17+,19+,20+,21+,22+/m1/s1. The highest BCUT2D eigenvalue weighted by Gasteiger charge is 2.74. The van der Waals surface area contributed by atoms with Gasteiger partial charge in [-0.05, 0) is 55.6 Å². The number of Topliss-reactive ketones (excluding diaryl/α,β-unsaturated/α-hetero) is 1. The van der Waals surface area contributed by atoms with Crippen molar-refractivity contribution in [1.29, 1.82) is 0 Å². The van der Waals surface area contributed by atoms with Crippen molar-refractivity contribution in [1.82, 2.24) is 0 Å². The third kappa shape index (κ3) is 2.25. The molecule has 0 radical (unpaired) electrons. The van der Waals surface area contributed by atoms with Crippen molar-refractivity contribution in [2.45, 2.75) is 63.0 Å².